The molecule has 0 radical (unpaired) electrons. The third-order valence-corrected chi connectivity index (χ3v) is 5.73. The quantitative estimate of drug-likeness (QED) is 0.500. The van der Waals surface area contributed by atoms with E-state index in [2.05, 4.69) is 15.8 Å². The first-order valence-corrected chi connectivity index (χ1v) is 10.6. The van der Waals surface area contributed by atoms with Gasteiger partial charge in [0.1, 0.15) is 11.5 Å². The number of rotatable bonds is 4. The van der Waals surface area contributed by atoms with Crippen LogP contribution in [0, 0.1) is 20.8 Å². The van der Waals surface area contributed by atoms with Crippen LogP contribution < -0.4 is 15.5 Å². The van der Waals surface area contributed by atoms with Gasteiger partial charge in [0.15, 0.2) is 10.9 Å². The minimum atomic E-state index is -0.502. The lowest BCUT2D eigenvalue weighted by atomic mass is 9.93. The second kappa shape index (κ2) is 8.47. The predicted molar refractivity (Wildman–Crippen MR) is 128 cm³/mol. The standard InChI is InChI=1S/C24H24N4O3S/c1-13-5-6-14(2)19(11-13)28-16(4)21(23(30)25-20-12-15(3)31-27-20)22(26-24(28)32)17-7-9-18(29)10-8-17/h5-12,22,29H,1-4H3,(H,26,32)(H,25,27,30)/t22-/m0/s1. The molecule has 32 heavy (non-hydrogen) atoms. The van der Waals surface area contributed by atoms with Crippen molar-refractivity contribution in [3.8, 4) is 5.75 Å². The van der Waals surface area contributed by atoms with Crippen molar-refractivity contribution in [2.75, 3.05) is 10.2 Å². The number of hydrogen-bond donors (Lipinski definition) is 3. The van der Waals surface area contributed by atoms with Crippen LogP contribution in [0.25, 0.3) is 0 Å². The summed E-state index contributed by atoms with van der Waals surface area (Å²) in [5, 5.41) is 20.2. The molecule has 8 heteroatoms. The topological polar surface area (TPSA) is 90.6 Å². The van der Waals surface area contributed by atoms with Crippen molar-refractivity contribution < 1.29 is 14.4 Å². The van der Waals surface area contributed by atoms with Crippen molar-refractivity contribution >= 4 is 34.7 Å². The van der Waals surface area contributed by atoms with Gasteiger partial charge in [0.2, 0.25) is 0 Å². The number of phenolic OH excluding ortho intramolecular Hbond substituents is 1. The number of nitrogens with zero attached hydrogens (tertiary/aromatic N) is 2. The molecule has 3 aromatic rings. The van der Waals surface area contributed by atoms with E-state index in [0.29, 0.717) is 28.0 Å². The Bertz CT molecular complexity index is 1230. The van der Waals surface area contributed by atoms with Crippen LogP contribution in [-0.2, 0) is 4.79 Å². The number of aryl methyl sites for hydroxylation is 3. The highest BCUT2D eigenvalue weighted by Gasteiger charge is 2.35. The summed E-state index contributed by atoms with van der Waals surface area (Å²) in [6.07, 6.45) is 0. The summed E-state index contributed by atoms with van der Waals surface area (Å²) in [6.45, 7) is 7.66. The second-order valence-corrected chi connectivity index (χ2v) is 8.26. The van der Waals surface area contributed by atoms with Gasteiger partial charge in [-0.2, -0.15) is 0 Å². The summed E-state index contributed by atoms with van der Waals surface area (Å²) < 4.78 is 5.09. The molecule has 0 spiro atoms. The molecule has 3 N–H and O–H groups in total. The van der Waals surface area contributed by atoms with E-state index in [1.54, 1.807) is 37.3 Å². The third kappa shape index (κ3) is 4.09. The van der Waals surface area contributed by atoms with Crippen LogP contribution in [0.5, 0.6) is 5.75 Å². The first-order chi connectivity index (χ1) is 15.2. The molecular weight excluding hydrogens is 424 g/mol. The molecule has 1 aliphatic rings. The Labute approximate surface area is 191 Å². The van der Waals surface area contributed by atoms with Crippen molar-refractivity contribution in [2.24, 2.45) is 0 Å². The number of anilines is 2. The van der Waals surface area contributed by atoms with Crippen LogP contribution in [0.4, 0.5) is 11.5 Å². The number of benzene rings is 2. The highest BCUT2D eigenvalue weighted by atomic mass is 32.1. The summed E-state index contributed by atoms with van der Waals surface area (Å²) in [5.41, 5.74) is 5.03. The van der Waals surface area contributed by atoms with Crippen molar-refractivity contribution in [3.05, 3.63) is 82.3 Å². The average Bonchev–Trinajstić information content (AvgIpc) is 3.15. The maximum atomic E-state index is 13.5. The lowest BCUT2D eigenvalue weighted by Crippen LogP contribution is -2.48. The van der Waals surface area contributed by atoms with Crippen molar-refractivity contribution in [2.45, 2.75) is 33.7 Å². The number of nitrogens with one attached hydrogen (secondary N) is 2. The smallest absolute Gasteiger partial charge is 0.257 e. The van der Waals surface area contributed by atoms with Gasteiger partial charge in [-0.1, -0.05) is 29.4 Å². The normalized spacial score (nSPS) is 16.2. The minimum absolute atomic E-state index is 0.147. The fraction of sp³-hybridized carbons (Fsp3) is 0.208. The van der Waals surface area contributed by atoms with E-state index in [9.17, 15) is 9.90 Å². The van der Waals surface area contributed by atoms with Gasteiger partial charge >= 0.3 is 0 Å². The van der Waals surface area contributed by atoms with Crippen LogP contribution in [0.15, 0.2) is 64.3 Å². The number of phenols is 1. The van der Waals surface area contributed by atoms with Crippen LogP contribution in [0.3, 0.4) is 0 Å². The Morgan fingerprint density at radius 2 is 1.84 bits per heavy atom. The maximum absolute atomic E-state index is 13.5. The molecule has 2 aromatic carbocycles. The van der Waals surface area contributed by atoms with Gasteiger partial charge < -0.3 is 20.3 Å². The van der Waals surface area contributed by atoms with E-state index in [1.807, 2.05) is 43.9 Å². The molecule has 1 aromatic heterocycles. The molecule has 164 valence electrons. The highest BCUT2D eigenvalue weighted by molar-refractivity contribution is 7.80. The van der Waals surface area contributed by atoms with Gasteiger partial charge in [-0.3, -0.25) is 9.69 Å². The Kier molecular flexibility index (Phi) is 5.71. The number of aromatic hydroxyl groups is 1. The number of allylic oxidation sites excluding steroid dienone is 1. The summed E-state index contributed by atoms with van der Waals surface area (Å²) >= 11 is 5.74. The van der Waals surface area contributed by atoms with E-state index in [4.69, 9.17) is 16.7 Å². The van der Waals surface area contributed by atoms with Crippen LogP contribution in [0.2, 0.25) is 0 Å². The molecule has 2 heterocycles. The average molecular weight is 449 g/mol. The molecule has 1 amide bonds. The van der Waals surface area contributed by atoms with E-state index >= 15 is 0 Å². The molecule has 1 atom stereocenters. The zero-order valence-corrected chi connectivity index (χ0v) is 19.1. The predicted octanol–water partition coefficient (Wildman–Crippen LogP) is 4.65. The molecular formula is C24H24N4O3S. The monoisotopic (exact) mass is 448 g/mol. The molecule has 0 fully saturated rings. The summed E-state index contributed by atoms with van der Waals surface area (Å²) in [6, 6.07) is 14.0. The molecule has 0 unspecified atom stereocenters. The number of carbonyl (C=O) groups is 1. The largest absolute Gasteiger partial charge is 0.508 e. The van der Waals surface area contributed by atoms with Crippen molar-refractivity contribution in [1.29, 1.82) is 0 Å². The van der Waals surface area contributed by atoms with E-state index in [1.165, 1.54) is 0 Å². The van der Waals surface area contributed by atoms with Gasteiger partial charge in [-0.25, -0.2) is 0 Å². The molecule has 7 nitrogen and oxygen atoms in total. The van der Waals surface area contributed by atoms with Crippen LogP contribution >= 0.6 is 12.2 Å². The number of hydrogen-bond acceptors (Lipinski definition) is 5. The fourth-order valence-electron chi connectivity index (χ4n) is 3.81. The molecule has 0 bridgehead atoms. The summed E-state index contributed by atoms with van der Waals surface area (Å²) in [7, 11) is 0. The SMILES string of the molecule is CC1=C(C(=O)Nc2cc(C)on2)[C@H](c2ccc(O)cc2)NC(=S)N1c1cc(C)ccc1C. The summed E-state index contributed by atoms with van der Waals surface area (Å²) in [4.78, 5) is 15.3. The van der Waals surface area contributed by atoms with Gasteiger partial charge in [-0.15, -0.1) is 0 Å². The molecule has 0 saturated heterocycles. The number of thiocarbonyl (C=S) groups is 1. The number of amides is 1. The van der Waals surface area contributed by atoms with E-state index < -0.39 is 6.04 Å². The molecule has 1 aliphatic heterocycles. The Morgan fingerprint density at radius 1 is 1.12 bits per heavy atom. The zero-order chi connectivity index (χ0) is 23.0. The van der Waals surface area contributed by atoms with Crippen molar-refractivity contribution in [1.82, 2.24) is 10.5 Å². The lowest BCUT2D eigenvalue weighted by Gasteiger charge is -2.38. The number of carbonyl (C=O) groups excluding carboxylic acids is 1. The van der Waals surface area contributed by atoms with Gasteiger partial charge in [0, 0.05) is 11.8 Å². The van der Waals surface area contributed by atoms with Gasteiger partial charge in [0.05, 0.1) is 17.3 Å². The first-order valence-electron chi connectivity index (χ1n) is 10.2. The van der Waals surface area contributed by atoms with E-state index in [-0.39, 0.29) is 11.7 Å². The molecule has 0 aliphatic carbocycles. The second-order valence-electron chi connectivity index (χ2n) is 7.88. The lowest BCUT2D eigenvalue weighted by molar-refractivity contribution is -0.113. The minimum Gasteiger partial charge on any atom is -0.508 e. The highest BCUT2D eigenvalue weighted by Crippen LogP contribution is 2.36. The number of aromatic nitrogens is 1. The molecule has 0 saturated carbocycles. The molecule has 4 rings (SSSR count). The van der Waals surface area contributed by atoms with Crippen LogP contribution in [0.1, 0.15) is 35.4 Å². The zero-order valence-electron chi connectivity index (χ0n) is 18.3. The summed E-state index contributed by atoms with van der Waals surface area (Å²) in [5.74, 6) is 0.762. The first kappa shape index (κ1) is 21.6. The van der Waals surface area contributed by atoms with Crippen LogP contribution in [-0.4, -0.2) is 21.3 Å². The van der Waals surface area contributed by atoms with Gasteiger partial charge in [0.25, 0.3) is 5.91 Å². The van der Waals surface area contributed by atoms with E-state index in [0.717, 1.165) is 22.4 Å². The fourth-order valence-corrected chi connectivity index (χ4v) is 4.17. The van der Waals surface area contributed by atoms with Crippen molar-refractivity contribution in [3.63, 3.8) is 0 Å². The maximum Gasteiger partial charge on any atom is 0.257 e. The Balaban J connectivity index is 1.84. The third-order valence-electron chi connectivity index (χ3n) is 5.43. The Morgan fingerprint density at radius 3 is 2.50 bits per heavy atom. The van der Waals surface area contributed by atoms with Gasteiger partial charge in [-0.05, 0) is 74.8 Å². The Hall–Kier alpha value is -3.65.